The van der Waals surface area contributed by atoms with Crippen LogP contribution in [0.5, 0.6) is 0 Å². The number of unbranched alkanes of at least 4 members (excludes halogenated alkanes) is 4. The molecule has 0 unspecified atom stereocenters. The zero-order chi connectivity index (χ0) is 23.3. The van der Waals surface area contributed by atoms with E-state index in [0.717, 1.165) is 18.4 Å². The van der Waals surface area contributed by atoms with Crippen molar-refractivity contribution in [1.82, 2.24) is 14.3 Å². The van der Waals surface area contributed by atoms with E-state index >= 15 is 0 Å². The summed E-state index contributed by atoms with van der Waals surface area (Å²) in [6.07, 6.45) is 8.95. The number of nitrogens with zero attached hydrogens (tertiary/aromatic N) is 3. The third-order valence-corrected chi connectivity index (χ3v) is 6.77. The Morgan fingerprint density at radius 3 is 2.69 bits per heavy atom. The third kappa shape index (κ3) is 5.59. The van der Waals surface area contributed by atoms with Crippen molar-refractivity contribution in [2.45, 2.75) is 59.8 Å². The van der Waals surface area contributed by atoms with Crippen molar-refractivity contribution in [3.63, 3.8) is 0 Å². The standard InChI is InChI=1S/C24H32N4O2S2/c1-5-6-7-8-9-12-28-23(30)19(32-24(28)31)14-18-20(25-15-16(2)3)26-21-17(4)11-10-13-27(21)22(18)29/h10-11,13-14,16,25H,5-9,12,15H2,1-4H3. The molecule has 0 saturated carbocycles. The molecule has 0 aliphatic carbocycles. The van der Waals surface area contributed by atoms with Gasteiger partial charge in [0.1, 0.15) is 15.8 Å². The Bertz CT molecular complexity index is 1090. The fourth-order valence-electron chi connectivity index (χ4n) is 3.57. The maximum Gasteiger partial charge on any atom is 0.267 e. The Kier molecular flexibility index (Phi) is 8.48. The predicted molar refractivity (Wildman–Crippen MR) is 138 cm³/mol. The summed E-state index contributed by atoms with van der Waals surface area (Å²) in [6, 6.07) is 3.76. The van der Waals surface area contributed by atoms with Crippen LogP contribution in [0.2, 0.25) is 0 Å². The summed E-state index contributed by atoms with van der Waals surface area (Å²) in [7, 11) is 0. The van der Waals surface area contributed by atoms with Crippen molar-refractivity contribution < 1.29 is 4.79 Å². The van der Waals surface area contributed by atoms with Gasteiger partial charge < -0.3 is 5.32 Å². The Morgan fingerprint density at radius 1 is 1.22 bits per heavy atom. The van der Waals surface area contributed by atoms with Gasteiger partial charge in [-0.15, -0.1) is 0 Å². The van der Waals surface area contributed by atoms with E-state index in [-0.39, 0.29) is 11.5 Å². The third-order valence-electron chi connectivity index (χ3n) is 5.40. The van der Waals surface area contributed by atoms with Gasteiger partial charge in [0, 0.05) is 19.3 Å². The Morgan fingerprint density at radius 2 is 1.97 bits per heavy atom. The summed E-state index contributed by atoms with van der Waals surface area (Å²) in [4.78, 5) is 33.3. The minimum atomic E-state index is -0.199. The lowest BCUT2D eigenvalue weighted by atomic mass is 10.1. The molecule has 172 valence electrons. The van der Waals surface area contributed by atoms with Crippen LogP contribution in [-0.4, -0.2) is 37.6 Å². The van der Waals surface area contributed by atoms with E-state index in [9.17, 15) is 9.59 Å². The van der Waals surface area contributed by atoms with Crippen molar-refractivity contribution in [2.75, 3.05) is 18.4 Å². The van der Waals surface area contributed by atoms with Crippen LogP contribution in [0, 0.1) is 12.8 Å². The molecule has 0 aromatic carbocycles. The highest BCUT2D eigenvalue weighted by Gasteiger charge is 2.32. The number of pyridine rings is 1. The van der Waals surface area contributed by atoms with Crippen LogP contribution in [0.4, 0.5) is 5.82 Å². The molecule has 1 N–H and O–H groups in total. The van der Waals surface area contributed by atoms with Gasteiger partial charge in [-0.2, -0.15) is 0 Å². The van der Waals surface area contributed by atoms with E-state index in [1.807, 2.05) is 19.1 Å². The molecule has 3 heterocycles. The van der Waals surface area contributed by atoms with Crippen molar-refractivity contribution in [3.05, 3.63) is 44.7 Å². The summed E-state index contributed by atoms with van der Waals surface area (Å²) in [6.45, 7) is 9.60. The highest BCUT2D eigenvalue weighted by Crippen LogP contribution is 2.33. The number of carbonyl (C=O) groups excluding carboxylic acids is 1. The van der Waals surface area contributed by atoms with Crippen molar-refractivity contribution >= 4 is 51.7 Å². The Labute approximate surface area is 199 Å². The molecule has 1 amide bonds. The zero-order valence-electron chi connectivity index (χ0n) is 19.3. The number of carbonyl (C=O) groups is 1. The largest absolute Gasteiger partial charge is 0.369 e. The molecule has 1 fully saturated rings. The molecule has 32 heavy (non-hydrogen) atoms. The number of rotatable bonds is 10. The number of hydrogen-bond acceptors (Lipinski definition) is 6. The van der Waals surface area contributed by atoms with Gasteiger partial charge in [-0.3, -0.25) is 18.9 Å². The smallest absolute Gasteiger partial charge is 0.267 e. The first kappa shape index (κ1) is 24.5. The molecule has 3 rings (SSSR count). The fourth-order valence-corrected chi connectivity index (χ4v) is 4.87. The molecule has 1 saturated heterocycles. The van der Waals surface area contributed by atoms with Crippen LogP contribution in [0.1, 0.15) is 64.0 Å². The molecule has 0 bridgehead atoms. The maximum absolute atomic E-state index is 13.3. The van der Waals surface area contributed by atoms with E-state index in [0.29, 0.717) is 45.3 Å². The van der Waals surface area contributed by atoms with Crippen LogP contribution in [0.3, 0.4) is 0 Å². The number of thioether (sulfide) groups is 1. The molecular weight excluding hydrogens is 440 g/mol. The van der Waals surface area contributed by atoms with E-state index in [4.69, 9.17) is 17.2 Å². The van der Waals surface area contributed by atoms with Gasteiger partial charge in [0.05, 0.1) is 10.5 Å². The normalized spacial score (nSPS) is 15.5. The van der Waals surface area contributed by atoms with Crippen LogP contribution in [-0.2, 0) is 4.79 Å². The lowest BCUT2D eigenvalue weighted by Gasteiger charge is -2.14. The summed E-state index contributed by atoms with van der Waals surface area (Å²) in [5.74, 6) is 0.757. The molecule has 2 aromatic rings. The number of anilines is 1. The fraction of sp³-hybridized carbons (Fsp3) is 0.500. The first-order valence-corrected chi connectivity index (χ1v) is 12.6. The summed E-state index contributed by atoms with van der Waals surface area (Å²) in [5.41, 5.74) is 1.71. The van der Waals surface area contributed by atoms with Crippen molar-refractivity contribution in [1.29, 1.82) is 0 Å². The van der Waals surface area contributed by atoms with Gasteiger partial charge in [0.25, 0.3) is 11.5 Å². The molecule has 0 radical (unpaired) electrons. The van der Waals surface area contributed by atoms with Crippen LogP contribution < -0.4 is 10.9 Å². The average molecular weight is 473 g/mol. The van der Waals surface area contributed by atoms with E-state index in [1.54, 1.807) is 17.2 Å². The highest BCUT2D eigenvalue weighted by molar-refractivity contribution is 8.26. The number of nitrogens with one attached hydrogen (secondary N) is 1. The zero-order valence-corrected chi connectivity index (χ0v) is 20.9. The number of hydrogen-bond donors (Lipinski definition) is 1. The van der Waals surface area contributed by atoms with E-state index < -0.39 is 0 Å². The minimum absolute atomic E-state index is 0.126. The van der Waals surface area contributed by atoms with Gasteiger partial charge in [-0.05, 0) is 37.0 Å². The number of aryl methyl sites for hydroxylation is 1. The number of aromatic nitrogens is 2. The van der Waals surface area contributed by atoms with E-state index in [2.05, 4.69) is 26.1 Å². The first-order chi connectivity index (χ1) is 15.3. The van der Waals surface area contributed by atoms with Crippen LogP contribution in [0.25, 0.3) is 11.7 Å². The molecule has 1 aliphatic heterocycles. The quantitative estimate of drug-likeness (QED) is 0.290. The number of amides is 1. The lowest BCUT2D eigenvalue weighted by Crippen LogP contribution is -2.29. The summed E-state index contributed by atoms with van der Waals surface area (Å²) in [5, 5.41) is 3.30. The molecular formula is C24H32N4O2S2. The second-order valence-corrected chi connectivity index (χ2v) is 10.3. The first-order valence-electron chi connectivity index (χ1n) is 11.3. The Hall–Kier alpha value is -2.19. The molecule has 2 aromatic heterocycles. The molecule has 6 nitrogen and oxygen atoms in total. The number of fused-ring (bicyclic) bond motifs is 1. The highest BCUT2D eigenvalue weighted by atomic mass is 32.2. The predicted octanol–water partition coefficient (Wildman–Crippen LogP) is 5.24. The Balaban J connectivity index is 1.93. The van der Waals surface area contributed by atoms with E-state index in [1.165, 1.54) is 35.4 Å². The van der Waals surface area contributed by atoms with Gasteiger partial charge >= 0.3 is 0 Å². The second-order valence-electron chi connectivity index (χ2n) is 8.59. The minimum Gasteiger partial charge on any atom is -0.369 e. The van der Waals surface area contributed by atoms with Gasteiger partial charge in [0.2, 0.25) is 0 Å². The average Bonchev–Trinajstić information content (AvgIpc) is 3.02. The second kappa shape index (κ2) is 11.1. The van der Waals surface area contributed by atoms with Gasteiger partial charge in [0.15, 0.2) is 0 Å². The SMILES string of the molecule is CCCCCCCN1C(=O)C(=Cc2c(NCC(C)C)nc3c(C)cccn3c2=O)SC1=S. The van der Waals surface area contributed by atoms with Crippen molar-refractivity contribution in [2.24, 2.45) is 5.92 Å². The van der Waals surface area contributed by atoms with Gasteiger partial charge in [-0.25, -0.2) is 4.98 Å². The number of thiocarbonyl (C=S) groups is 1. The van der Waals surface area contributed by atoms with Crippen LogP contribution >= 0.6 is 24.0 Å². The summed E-state index contributed by atoms with van der Waals surface area (Å²) >= 11 is 6.73. The topological polar surface area (TPSA) is 66.7 Å². The lowest BCUT2D eigenvalue weighted by molar-refractivity contribution is -0.122. The maximum atomic E-state index is 13.3. The molecule has 0 spiro atoms. The summed E-state index contributed by atoms with van der Waals surface area (Å²) < 4.78 is 2.09. The molecule has 8 heteroatoms. The molecule has 1 aliphatic rings. The van der Waals surface area contributed by atoms with Crippen LogP contribution in [0.15, 0.2) is 28.0 Å². The monoisotopic (exact) mass is 472 g/mol. The van der Waals surface area contributed by atoms with Gasteiger partial charge in [-0.1, -0.05) is 76.5 Å². The molecule has 0 atom stereocenters. The van der Waals surface area contributed by atoms with Crippen molar-refractivity contribution in [3.8, 4) is 0 Å².